The summed E-state index contributed by atoms with van der Waals surface area (Å²) in [5.41, 5.74) is 1.03. The van der Waals surface area contributed by atoms with Crippen molar-refractivity contribution in [1.29, 1.82) is 0 Å². The van der Waals surface area contributed by atoms with Gasteiger partial charge >= 0.3 is 0 Å². The number of hydrogen-bond donors (Lipinski definition) is 2. The SMILES string of the molecule is COc1ccc([C@@H](C)NCC(=O)NCC(=O)N(C)C)cc1Br. The van der Waals surface area contributed by atoms with E-state index >= 15 is 0 Å². The molecule has 1 aromatic rings. The molecule has 0 heterocycles. The first kappa shape index (κ1) is 18.4. The fraction of sp³-hybridized carbons (Fsp3) is 0.467. The third-order valence-corrected chi connectivity index (χ3v) is 3.80. The Morgan fingerprint density at radius 3 is 2.55 bits per heavy atom. The van der Waals surface area contributed by atoms with Gasteiger partial charge in [-0.3, -0.25) is 9.59 Å². The zero-order chi connectivity index (χ0) is 16.7. The van der Waals surface area contributed by atoms with Crippen molar-refractivity contribution in [2.24, 2.45) is 0 Å². The van der Waals surface area contributed by atoms with E-state index in [2.05, 4.69) is 26.6 Å². The van der Waals surface area contributed by atoms with Crippen LogP contribution in [-0.2, 0) is 9.59 Å². The first-order valence-corrected chi connectivity index (χ1v) is 7.68. The fourth-order valence-corrected chi connectivity index (χ4v) is 2.27. The Morgan fingerprint density at radius 1 is 1.32 bits per heavy atom. The zero-order valence-corrected chi connectivity index (χ0v) is 14.9. The highest BCUT2D eigenvalue weighted by molar-refractivity contribution is 9.10. The molecule has 0 saturated heterocycles. The lowest BCUT2D eigenvalue weighted by Crippen LogP contribution is -2.40. The molecule has 7 heteroatoms. The fourth-order valence-electron chi connectivity index (χ4n) is 1.71. The quantitative estimate of drug-likeness (QED) is 0.757. The van der Waals surface area contributed by atoms with Gasteiger partial charge in [-0.15, -0.1) is 0 Å². The summed E-state index contributed by atoms with van der Waals surface area (Å²) in [6.45, 7) is 2.12. The molecular formula is C15H22BrN3O3. The van der Waals surface area contributed by atoms with Crippen LogP contribution in [0.15, 0.2) is 22.7 Å². The van der Waals surface area contributed by atoms with Crippen LogP contribution in [0.2, 0.25) is 0 Å². The van der Waals surface area contributed by atoms with E-state index in [4.69, 9.17) is 4.74 Å². The number of methoxy groups -OCH3 is 1. The Labute approximate surface area is 139 Å². The van der Waals surface area contributed by atoms with Crippen molar-refractivity contribution < 1.29 is 14.3 Å². The lowest BCUT2D eigenvalue weighted by Gasteiger charge is -2.16. The van der Waals surface area contributed by atoms with Crippen LogP contribution in [-0.4, -0.2) is 51.0 Å². The van der Waals surface area contributed by atoms with Crippen molar-refractivity contribution in [2.45, 2.75) is 13.0 Å². The van der Waals surface area contributed by atoms with Gasteiger partial charge in [0.1, 0.15) is 5.75 Å². The number of likely N-dealkylation sites (N-methyl/N-ethyl adjacent to an activating group) is 1. The van der Waals surface area contributed by atoms with Gasteiger partial charge in [0.25, 0.3) is 0 Å². The molecule has 1 rings (SSSR count). The summed E-state index contributed by atoms with van der Waals surface area (Å²) in [5, 5.41) is 5.70. The van der Waals surface area contributed by atoms with Gasteiger partial charge < -0.3 is 20.3 Å². The highest BCUT2D eigenvalue weighted by Crippen LogP contribution is 2.27. The number of amides is 2. The number of benzene rings is 1. The number of nitrogens with zero attached hydrogens (tertiary/aromatic N) is 1. The van der Waals surface area contributed by atoms with Crippen LogP contribution in [0.5, 0.6) is 5.75 Å². The molecule has 0 bridgehead atoms. The molecular weight excluding hydrogens is 350 g/mol. The molecule has 1 atom stereocenters. The summed E-state index contributed by atoms with van der Waals surface area (Å²) >= 11 is 3.44. The second-order valence-corrected chi connectivity index (χ2v) is 5.92. The average molecular weight is 372 g/mol. The minimum Gasteiger partial charge on any atom is -0.496 e. The van der Waals surface area contributed by atoms with E-state index in [1.54, 1.807) is 21.2 Å². The largest absolute Gasteiger partial charge is 0.496 e. The number of nitrogens with one attached hydrogen (secondary N) is 2. The number of halogens is 1. The van der Waals surface area contributed by atoms with Crippen LogP contribution in [0, 0.1) is 0 Å². The predicted octanol–water partition coefficient (Wildman–Crippen LogP) is 1.31. The second-order valence-electron chi connectivity index (χ2n) is 5.06. The van der Waals surface area contributed by atoms with Crippen molar-refractivity contribution >= 4 is 27.7 Å². The van der Waals surface area contributed by atoms with E-state index in [-0.39, 0.29) is 30.9 Å². The number of ether oxygens (including phenoxy) is 1. The minimum atomic E-state index is -0.213. The lowest BCUT2D eigenvalue weighted by molar-refractivity contribution is -0.130. The topological polar surface area (TPSA) is 70.7 Å². The minimum absolute atomic E-state index is 0.00231. The van der Waals surface area contributed by atoms with Gasteiger partial charge in [-0.1, -0.05) is 6.07 Å². The molecule has 0 aliphatic heterocycles. The molecule has 1 aromatic carbocycles. The molecule has 22 heavy (non-hydrogen) atoms. The summed E-state index contributed by atoms with van der Waals surface area (Å²) < 4.78 is 6.05. The van der Waals surface area contributed by atoms with Gasteiger partial charge in [-0.05, 0) is 40.5 Å². The molecule has 0 fully saturated rings. The van der Waals surface area contributed by atoms with Gasteiger partial charge in [0, 0.05) is 20.1 Å². The van der Waals surface area contributed by atoms with E-state index < -0.39 is 0 Å². The molecule has 0 aromatic heterocycles. The number of carbonyl (C=O) groups excluding carboxylic acids is 2. The normalized spacial score (nSPS) is 11.7. The number of hydrogen-bond acceptors (Lipinski definition) is 4. The van der Waals surface area contributed by atoms with Gasteiger partial charge in [0.2, 0.25) is 11.8 Å². The highest BCUT2D eigenvalue weighted by Gasteiger charge is 2.11. The molecule has 0 aliphatic carbocycles. The lowest BCUT2D eigenvalue weighted by atomic mass is 10.1. The third kappa shape index (κ3) is 5.65. The smallest absolute Gasteiger partial charge is 0.241 e. The standard InChI is InChI=1S/C15H22BrN3O3/c1-10(11-5-6-13(22-4)12(16)7-11)17-8-14(20)18-9-15(21)19(2)3/h5-7,10,17H,8-9H2,1-4H3,(H,18,20)/t10-/m1/s1. The van der Waals surface area contributed by atoms with Gasteiger partial charge in [-0.2, -0.15) is 0 Å². The Balaban J connectivity index is 2.45. The van der Waals surface area contributed by atoms with Crippen LogP contribution >= 0.6 is 15.9 Å². The van der Waals surface area contributed by atoms with Crippen molar-refractivity contribution in [2.75, 3.05) is 34.3 Å². The Bertz CT molecular complexity index is 535. The first-order chi connectivity index (χ1) is 10.3. The summed E-state index contributed by atoms with van der Waals surface area (Å²) in [4.78, 5) is 24.5. The van der Waals surface area contributed by atoms with Crippen LogP contribution in [0.25, 0.3) is 0 Å². The van der Waals surface area contributed by atoms with E-state index in [0.717, 1.165) is 15.8 Å². The first-order valence-electron chi connectivity index (χ1n) is 6.88. The molecule has 0 aliphatic rings. The maximum atomic E-state index is 11.7. The number of carbonyl (C=O) groups is 2. The van der Waals surface area contributed by atoms with E-state index in [1.165, 1.54) is 4.90 Å². The van der Waals surface area contributed by atoms with Gasteiger partial charge in [0.05, 0.1) is 24.7 Å². The number of rotatable bonds is 7. The molecule has 0 radical (unpaired) electrons. The summed E-state index contributed by atoms with van der Waals surface area (Å²) in [7, 11) is 4.91. The van der Waals surface area contributed by atoms with Crippen LogP contribution in [0.3, 0.4) is 0 Å². The molecule has 0 spiro atoms. The highest BCUT2D eigenvalue weighted by atomic mass is 79.9. The maximum Gasteiger partial charge on any atom is 0.241 e. The van der Waals surface area contributed by atoms with Gasteiger partial charge in [-0.25, -0.2) is 0 Å². The van der Waals surface area contributed by atoms with E-state index in [1.807, 2.05) is 25.1 Å². The van der Waals surface area contributed by atoms with Crippen molar-refractivity contribution in [1.82, 2.24) is 15.5 Å². The Kier molecular flexibility index (Phi) is 7.34. The maximum absolute atomic E-state index is 11.7. The third-order valence-electron chi connectivity index (χ3n) is 3.18. The zero-order valence-electron chi connectivity index (χ0n) is 13.3. The Morgan fingerprint density at radius 2 is 2.00 bits per heavy atom. The summed E-state index contributed by atoms with van der Waals surface area (Å²) in [6, 6.07) is 5.75. The summed E-state index contributed by atoms with van der Waals surface area (Å²) in [5.74, 6) is 0.408. The van der Waals surface area contributed by atoms with Crippen molar-refractivity contribution in [3.63, 3.8) is 0 Å². The van der Waals surface area contributed by atoms with Crippen LogP contribution in [0.1, 0.15) is 18.5 Å². The van der Waals surface area contributed by atoms with Crippen LogP contribution < -0.4 is 15.4 Å². The monoisotopic (exact) mass is 371 g/mol. The predicted molar refractivity (Wildman–Crippen MR) is 88.8 cm³/mol. The summed E-state index contributed by atoms with van der Waals surface area (Å²) in [6.07, 6.45) is 0. The van der Waals surface area contributed by atoms with E-state index in [9.17, 15) is 9.59 Å². The van der Waals surface area contributed by atoms with Gasteiger partial charge in [0.15, 0.2) is 0 Å². The van der Waals surface area contributed by atoms with Crippen LogP contribution in [0.4, 0.5) is 0 Å². The molecule has 0 saturated carbocycles. The molecule has 0 unspecified atom stereocenters. The second kappa shape index (κ2) is 8.75. The molecule has 6 nitrogen and oxygen atoms in total. The molecule has 2 amide bonds. The molecule has 2 N–H and O–H groups in total. The Hall–Kier alpha value is -1.60. The van der Waals surface area contributed by atoms with Crippen molar-refractivity contribution in [3.8, 4) is 5.75 Å². The van der Waals surface area contributed by atoms with E-state index in [0.29, 0.717) is 0 Å². The average Bonchev–Trinajstić information content (AvgIpc) is 2.49. The van der Waals surface area contributed by atoms with Crippen molar-refractivity contribution in [3.05, 3.63) is 28.2 Å². The molecule has 122 valence electrons.